The van der Waals surface area contributed by atoms with Crippen LogP contribution in [0.4, 0.5) is 5.82 Å². The Balaban J connectivity index is 1.70. The lowest BCUT2D eigenvalue weighted by Crippen LogP contribution is -2.54. The first-order valence-electron chi connectivity index (χ1n) is 10.5. The van der Waals surface area contributed by atoms with E-state index < -0.39 is 0 Å². The highest BCUT2D eigenvalue weighted by Crippen LogP contribution is 2.33. The minimum Gasteiger partial charge on any atom is -0.352 e. The molecule has 4 heterocycles. The third kappa shape index (κ3) is 3.44. The lowest BCUT2D eigenvalue weighted by molar-refractivity contribution is 0.404. The zero-order valence-corrected chi connectivity index (χ0v) is 17.6. The smallest absolute Gasteiger partial charge is 0.155 e. The number of aryl methyl sites for hydroxylation is 1. The molecule has 1 N–H and O–H groups in total. The number of nitrogens with zero attached hydrogens (tertiary/aromatic N) is 5. The van der Waals surface area contributed by atoms with Gasteiger partial charge in [0.05, 0.1) is 5.69 Å². The SMILES string of the molecule is Cc1cc(-c2c(-c3ccccc3)nc3ccc(N4CC(C)NC(C)C4)nn23)ccn1. The second-order valence-electron chi connectivity index (χ2n) is 8.20. The molecule has 6 heteroatoms. The summed E-state index contributed by atoms with van der Waals surface area (Å²) in [5.41, 5.74) is 5.91. The van der Waals surface area contributed by atoms with Crippen LogP contribution < -0.4 is 10.2 Å². The van der Waals surface area contributed by atoms with Gasteiger partial charge in [-0.3, -0.25) is 4.98 Å². The molecule has 0 radical (unpaired) electrons. The van der Waals surface area contributed by atoms with Gasteiger partial charge in [0.2, 0.25) is 0 Å². The number of piperazine rings is 1. The molecule has 0 amide bonds. The van der Waals surface area contributed by atoms with Crippen LogP contribution in [0.5, 0.6) is 0 Å². The normalized spacial score (nSPS) is 19.4. The summed E-state index contributed by atoms with van der Waals surface area (Å²) in [6.07, 6.45) is 1.85. The van der Waals surface area contributed by atoms with E-state index in [0.717, 1.165) is 52.8 Å². The van der Waals surface area contributed by atoms with Crippen molar-refractivity contribution in [2.45, 2.75) is 32.9 Å². The van der Waals surface area contributed by atoms with E-state index >= 15 is 0 Å². The number of fused-ring (bicyclic) bond motifs is 1. The van der Waals surface area contributed by atoms with Crippen LogP contribution in [0.2, 0.25) is 0 Å². The summed E-state index contributed by atoms with van der Waals surface area (Å²) >= 11 is 0. The van der Waals surface area contributed by atoms with Gasteiger partial charge < -0.3 is 10.2 Å². The van der Waals surface area contributed by atoms with E-state index in [2.05, 4.69) is 59.4 Å². The molecule has 6 nitrogen and oxygen atoms in total. The predicted molar refractivity (Wildman–Crippen MR) is 121 cm³/mol. The van der Waals surface area contributed by atoms with E-state index in [4.69, 9.17) is 10.1 Å². The molecule has 3 aromatic heterocycles. The number of aromatic nitrogens is 4. The van der Waals surface area contributed by atoms with Crippen molar-refractivity contribution < 1.29 is 0 Å². The maximum Gasteiger partial charge on any atom is 0.155 e. The van der Waals surface area contributed by atoms with Crippen LogP contribution >= 0.6 is 0 Å². The Bertz CT molecular complexity index is 1170. The first kappa shape index (κ1) is 18.8. The molecule has 0 aliphatic carbocycles. The Hall–Kier alpha value is -3.25. The second-order valence-corrected chi connectivity index (χ2v) is 8.20. The van der Waals surface area contributed by atoms with Crippen molar-refractivity contribution in [1.29, 1.82) is 0 Å². The molecule has 1 fully saturated rings. The summed E-state index contributed by atoms with van der Waals surface area (Å²) in [4.78, 5) is 11.7. The number of rotatable bonds is 3. The quantitative estimate of drug-likeness (QED) is 0.566. The van der Waals surface area contributed by atoms with Crippen LogP contribution in [0.1, 0.15) is 19.5 Å². The van der Waals surface area contributed by atoms with Gasteiger partial charge in [-0.1, -0.05) is 30.3 Å². The maximum absolute atomic E-state index is 5.05. The summed E-state index contributed by atoms with van der Waals surface area (Å²) in [5, 5.41) is 8.64. The molecule has 0 saturated carbocycles. The lowest BCUT2D eigenvalue weighted by atomic mass is 10.1. The van der Waals surface area contributed by atoms with Crippen molar-refractivity contribution >= 4 is 11.5 Å². The topological polar surface area (TPSA) is 58.4 Å². The highest BCUT2D eigenvalue weighted by molar-refractivity contribution is 5.81. The van der Waals surface area contributed by atoms with Gasteiger partial charge in [-0.15, -0.1) is 5.10 Å². The van der Waals surface area contributed by atoms with Gasteiger partial charge >= 0.3 is 0 Å². The minimum absolute atomic E-state index is 0.427. The molecule has 5 rings (SSSR count). The third-order valence-corrected chi connectivity index (χ3v) is 5.56. The molecular weight excluding hydrogens is 372 g/mol. The van der Waals surface area contributed by atoms with Crippen molar-refractivity contribution in [3.05, 3.63) is 66.5 Å². The molecule has 2 atom stereocenters. The number of anilines is 1. The molecule has 1 aromatic carbocycles. The number of hydrogen-bond acceptors (Lipinski definition) is 5. The van der Waals surface area contributed by atoms with Gasteiger partial charge in [0.25, 0.3) is 0 Å². The van der Waals surface area contributed by atoms with E-state index in [1.54, 1.807) is 0 Å². The van der Waals surface area contributed by atoms with Gasteiger partial charge in [0, 0.05) is 48.2 Å². The van der Waals surface area contributed by atoms with E-state index in [-0.39, 0.29) is 0 Å². The summed E-state index contributed by atoms with van der Waals surface area (Å²) in [5.74, 6) is 0.978. The fraction of sp³-hybridized carbons (Fsp3) is 0.292. The number of nitrogens with one attached hydrogen (secondary N) is 1. The molecule has 2 unspecified atom stereocenters. The number of imidazole rings is 1. The van der Waals surface area contributed by atoms with Crippen LogP contribution in [0.25, 0.3) is 28.2 Å². The van der Waals surface area contributed by atoms with Crippen molar-refractivity contribution in [2.24, 2.45) is 0 Å². The molecule has 30 heavy (non-hydrogen) atoms. The van der Waals surface area contributed by atoms with Crippen LogP contribution in [0.3, 0.4) is 0 Å². The van der Waals surface area contributed by atoms with Crippen molar-refractivity contribution in [3.63, 3.8) is 0 Å². The third-order valence-electron chi connectivity index (χ3n) is 5.56. The van der Waals surface area contributed by atoms with Crippen LogP contribution in [0.15, 0.2) is 60.8 Å². The summed E-state index contributed by atoms with van der Waals surface area (Å²) < 4.78 is 1.99. The van der Waals surface area contributed by atoms with Crippen LogP contribution in [-0.2, 0) is 0 Å². The highest BCUT2D eigenvalue weighted by atomic mass is 15.4. The lowest BCUT2D eigenvalue weighted by Gasteiger charge is -2.36. The first-order valence-corrected chi connectivity index (χ1v) is 10.5. The minimum atomic E-state index is 0.427. The first-order chi connectivity index (χ1) is 14.6. The molecule has 0 bridgehead atoms. The Morgan fingerprint density at radius 2 is 1.70 bits per heavy atom. The van der Waals surface area contributed by atoms with Gasteiger partial charge in [-0.05, 0) is 45.0 Å². The maximum atomic E-state index is 5.05. The van der Waals surface area contributed by atoms with E-state index in [1.807, 2.05) is 41.9 Å². The summed E-state index contributed by atoms with van der Waals surface area (Å²) in [6, 6.07) is 19.5. The molecule has 0 spiro atoms. The molecular formula is C24H26N6. The molecule has 1 aliphatic rings. The van der Waals surface area contributed by atoms with Crippen molar-refractivity contribution in [2.75, 3.05) is 18.0 Å². The zero-order chi connectivity index (χ0) is 20.7. The Kier molecular flexibility index (Phi) is 4.71. The summed E-state index contributed by atoms with van der Waals surface area (Å²) in [7, 11) is 0. The Labute approximate surface area is 176 Å². The van der Waals surface area contributed by atoms with Crippen molar-refractivity contribution in [3.8, 4) is 22.5 Å². The second kappa shape index (κ2) is 7.54. The molecule has 152 valence electrons. The van der Waals surface area contributed by atoms with Crippen molar-refractivity contribution in [1.82, 2.24) is 24.9 Å². The molecule has 1 aliphatic heterocycles. The van der Waals surface area contributed by atoms with E-state index in [1.165, 1.54) is 0 Å². The highest BCUT2D eigenvalue weighted by Gasteiger charge is 2.24. The predicted octanol–water partition coefficient (Wildman–Crippen LogP) is 3.95. The van der Waals surface area contributed by atoms with E-state index in [9.17, 15) is 0 Å². The molecule has 4 aromatic rings. The zero-order valence-electron chi connectivity index (χ0n) is 17.6. The monoisotopic (exact) mass is 398 g/mol. The van der Waals surface area contributed by atoms with Crippen LogP contribution in [-0.4, -0.2) is 44.8 Å². The van der Waals surface area contributed by atoms with Gasteiger partial charge in [0.1, 0.15) is 11.5 Å². The van der Waals surface area contributed by atoms with Gasteiger partial charge in [-0.2, -0.15) is 0 Å². The average Bonchev–Trinajstić information content (AvgIpc) is 3.12. The van der Waals surface area contributed by atoms with Gasteiger partial charge in [0.15, 0.2) is 5.65 Å². The Morgan fingerprint density at radius 1 is 0.933 bits per heavy atom. The molecule has 1 saturated heterocycles. The largest absolute Gasteiger partial charge is 0.352 e. The fourth-order valence-corrected chi connectivity index (χ4v) is 4.36. The summed E-state index contributed by atoms with van der Waals surface area (Å²) in [6.45, 7) is 8.32. The van der Waals surface area contributed by atoms with Crippen LogP contribution in [0, 0.1) is 6.92 Å². The fourth-order valence-electron chi connectivity index (χ4n) is 4.36. The average molecular weight is 399 g/mol. The Morgan fingerprint density at radius 3 is 2.43 bits per heavy atom. The number of benzene rings is 1. The van der Waals surface area contributed by atoms with Gasteiger partial charge in [-0.25, -0.2) is 9.50 Å². The standard InChI is InChI=1S/C24H26N6/c1-16-13-20(11-12-25-16)24-23(19-7-5-4-6-8-19)27-21-9-10-22(28-30(21)24)29-14-17(2)26-18(3)15-29/h4-13,17-18,26H,14-15H2,1-3H3. The number of pyridine rings is 1. The number of hydrogen-bond donors (Lipinski definition) is 1. The van der Waals surface area contributed by atoms with E-state index in [0.29, 0.717) is 12.1 Å².